The Morgan fingerprint density at radius 3 is 2.43 bits per heavy atom. The molecule has 6 heteroatoms. The summed E-state index contributed by atoms with van der Waals surface area (Å²) in [7, 11) is 0. The number of benzene rings is 1. The van der Waals surface area contributed by atoms with E-state index in [0.29, 0.717) is 18.1 Å². The van der Waals surface area contributed by atoms with Crippen molar-refractivity contribution in [2.75, 3.05) is 13.2 Å². The second-order valence-electron chi connectivity index (χ2n) is 7.78. The van der Waals surface area contributed by atoms with Gasteiger partial charge in [0.15, 0.2) is 5.11 Å². The van der Waals surface area contributed by atoms with Gasteiger partial charge < -0.3 is 19.9 Å². The number of thiocarbonyl (C=S) groups is 1. The standard InChI is InChI=1S/C24H28N4OS/c1-16-17(2)28(19-10-5-4-6-11-19)18(3)21(16)23-22(20-12-7-8-13-25-20)26-24(30)27(23)14-9-15-29/h4-8,10-13,22-23,29H,9,14-15H2,1-3H3,(H,26,30)/t22-,23-/m1/s1. The summed E-state index contributed by atoms with van der Waals surface area (Å²) in [6.45, 7) is 7.39. The van der Waals surface area contributed by atoms with Gasteiger partial charge in [0.1, 0.15) is 0 Å². The molecule has 2 aromatic heterocycles. The van der Waals surface area contributed by atoms with Gasteiger partial charge in [-0.2, -0.15) is 0 Å². The van der Waals surface area contributed by atoms with E-state index in [-0.39, 0.29) is 18.7 Å². The summed E-state index contributed by atoms with van der Waals surface area (Å²) in [6.07, 6.45) is 2.50. The topological polar surface area (TPSA) is 53.3 Å². The molecule has 1 saturated heterocycles. The van der Waals surface area contributed by atoms with E-state index in [4.69, 9.17) is 12.2 Å². The van der Waals surface area contributed by atoms with E-state index >= 15 is 0 Å². The van der Waals surface area contributed by atoms with Crippen LogP contribution in [0.15, 0.2) is 54.7 Å². The van der Waals surface area contributed by atoms with Crippen LogP contribution >= 0.6 is 12.2 Å². The first-order valence-corrected chi connectivity index (χ1v) is 10.8. The summed E-state index contributed by atoms with van der Waals surface area (Å²) in [5.74, 6) is 0. The number of pyridine rings is 1. The van der Waals surface area contributed by atoms with Crippen molar-refractivity contribution in [3.63, 3.8) is 0 Å². The minimum Gasteiger partial charge on any atom is -0.396 e. The lowest BCUT2D eigenvalue weighted by atomic mass is 9.93. The summed E-state index contributed by atoms with van der Waals surface area (Å²) in [4.78, 5) is 6.84. The number of hydrogen-bond donors (Lipinski definition) is 2. The number of rotatable bonds is 6. The molecule has 3 heterocycles. The molecule has 0 unspecified atom stereocenters. The monoisotopic (exact) mass is 420 g/mol. The minimum atomic E-state index is -0.0409. The largest absolute Gasteiger partial charge is 0.396 e. The van der Waals surface area contributed by atoms with E-state index in [1.54, 1.807) is 0 Å². The molecule has 0 saturated carbocycles. The van der Waals surface area contributed by atoms with Crippen molar-refractivity contribution < 1.29 is 5.11 Å². The first-order chi connectivity index (χ1) is 14.5. The molecular formula is C24H28N4OS. The van der Waals surface area contributed by atoms with Crippen molar-refractivity contribution in [3.05, 3.63) is 82.9 Å². The number of hydrogen-bond acceptors (Lipinski definition) is 3. The van der Waals surface area contributed by atoms with Gasteiger partial charge >= 0.3 is 0 Å². The van der Waals surface area contributed by atoms with E-state index in [0.717, 1.165) is 11.4 Å². The van der Waals surface area contributed by atoms with Crippen LogP contribution in [0.3, 0.4) is 0 Å². The highest BCUT2D eigenvalue weighted by Gasteiger charge is 2.42. The Kier molecular flexibility index (Phi) is 5.88. The fraction of sp³-hybridized carbons (Fsp3) is 0.333. The molecule has 0 aliphatic carbocycles. The smallest absolute Gasteiger partial charge is 0.170 e. The molecule has 5 nitrogen and oxygen atoms in total. The first-order valence-electron chi connectivity index (χ1n) is 10.4. The summed E-state index contributed by atoms with van der Waals surface area (Å²) >= 11 is 5.73. The van der Waals surface area contributed by atoms with E-state index in [2.05, 4.69) is 70.9 Å². The molecule has 1 aliphatic rings. The van der Waals surface area contributed by atoms with Gasteiger partial charge in [0.25, 0.3) is 0 Å². The molecule has 30 heavy (non-hydrogen) atoms. The molecule has 156 valence electrons. The van der Waals surface area contributed by atoms with Gasteiger partial charge in [-0.3, -0.25) is 4.98 Å². The van der Waals surface area contributed by atoms with Gasteiger partial charge in [-0.25, -0.2) is 0 Å². The van der Waals surface area contributed by atoms with E-state index < -0.39 is 0 Å². The molecule has 0 spiro atoms. The number of aromatic nitrogens is 2. The maximum absolute atomic E-state index is 9.45. The van der Waals surface area contributed by atoms with Gasteiger partial charge in [0.2, 0.25) is 0 Å². The Bertz CT molecular complexity index is 1030. The second-order valence-corrected chi connectivity index (χ2v) is 8.16. The van der Waals surface area contributed by atoms with Crippen LogP contribution in [0.25, 0.3) is 5.69 Å². The summed E-state index contributed by atoms with van der Waals surface area (Å²) in [5, 5.41) is 13.7. The lowest BCUT2D eigenvalue weighted by Gasteiger charge is -2.28. The lowest BCUT2D eigenvalue weighted by molar-refractivity contribution is 0.247. The van der Waals surface area contributed by atoms with Gasteiger partial charge in [0, 0.05) is 42.0 Å². The fourth-order valence-electron chi connectivity index (χ4n) is 4.61. The SMILES string of the molecule is Cc1c([C@@H]2[C@@H](c3ccccn3)NC(=S)N2CCCO)c(C)n(-c2ccccc2)c1C. The first kappa shape index (κ1) is 20.6. The van der Waals surface area contributed by atoms with Crippen LogP contribution < -0.4 is 5.32 Å². The Morgan fingerprint density at radius 1 is 1.03 bits per heavy atom. The van der Waals surface area contributed by atoms with E-state index in [1.807, 2.05) is 24.4 Å². The zero-order valence-corrected chi connectivity index (χ0v) is 18.5. The van der Waals surface area contributed by atoms with Crippen molar-refractivity contribution in [1.82, 2.24) is 19.8 Å². The second kappa shape index (κ2) is 8.58. The average Bonchev–Trinajstić information content (AvgIpc) is 3.20. The van der Waals surface area contributed by atoms with Gasteiger partial charge in [-0.15, -0.1) is 0 Å². The van der Waals surface area contributed by atoms with E-state index in [9.17, 15) is 5.11 Å². The highest BCUT2D eigenvalue weighted by Crippen LogP contribution is 2.43. The van der Waals surface area contributed by atoms with Gasteiger partial charge in [-0.05, 0) is 69.2 Å². The molecular weight excluding hydrogens is 392 g/mol. The molecule has 1 aromatic carbocycles. The third-order valence-electron chi connectivity index (χ3n) is 6.07. The number of aliphatic hydroxyl groups is 1. The molecule has 1 aliphatic heterocycles. The highest BCUT2D eigenvalue weighted by molar-refractivity contribution is 7.80. The number of nitrogens with zero attached hydrogens (tertiary/aromatic N) is 3. The maximum Gasteiger partial charge on any atom is 0.170 e. The predicted molar refractivity (Wildman–Crippen MR) is 124 cm³/mol. The Labute approximate surface area is 183 Å². The molecule has 1 fully saturated rings. The zero-order chi connectivity index (χ0) is 21.3. The molecule has 0 radical (unpaired) electrons. The Balaban J connectivity index is 1.87. The van der Waals surface area contributed by atoms with Crippen LogP contribution in [0.1, 0.15) is 46.7 Å². The van der Waals surface area contributed by atoms with E-state index in [1.165, 1.54) is 22.5 Å². The number of para-hydroxylation sites is 1. The van der Waals surface area contributed by atoms with Crippen LogP contribution in [0.2, 0.25) is 0 Å². The molecule has 2 N–H and O–H groups in total. The van der Waals surface area contributed by atoms with Crippen molar-refractivity contribution >= 4 is 17.3 Å². The quantitative estimate of drug-likeness (QED) is 0.587. The maximum atomic E-state index is 9.45. The molecule has 4 rings (SSSR count). The summed E-state index contributed by atoms with van der Waals surface area (Å²) in [6, 6.07) is 16.4. The van der Waals surface area contributed by atoms with Crippen molar-refractivity contribution in [2.45, 2.75) is 39.3 Å². The van der Waals surface area contributed by atoms with Crippen molar-refractivity contribution in [3.8, 4) is 5.69 Å². The van der Waals surface area contributed by atoms with Gasteiger partial charge in [0.05, 0.1) is 17.8 Å². The summed E-state index contributed by atoms with van der Waals surface area (Å²) in [5.41, 5.74) is 7.11. The number of nitrogens with one attached hydrogen (secondary N) is 1. The third kappa shape index (κ3) is 3.50. The summed E-state index contributed by atoms with van der Waals surface area (Å²) < 4.78 is 2.33. The Hall–Kier alpha value is -2.70. The highest BCUT2D eigenvalue weighted by atomic mass is 32.1. The van der Waals surface area contributed by atoms with Crippen LogP contribution in [0.5, 0.6) is 0 Å². The predicted octanol–water partition coefficient (Wildman–Crippen LogP) is 4.15. The molecule has 0 bridgehead atoms. The van der Waals surface area contributed by atoms with Crippen LogP contribution in [-0.2, 0) is 0 Å². The van der Waals surface area contributed by atoms with Crippen molar-refractivity contribution in [2.24, 2.45) is 0 Å². The minimum absolute atomic E-state index is 0.0163. The average molecular weight is 421 g/mol. The number of aliphatic hydroxyl groups excluding tert-OH is 1. The Morgan fingerprint density at radius 2 is 1.77 bits per heavy atom. The fourth-order valence-corrected chi connectivity index (χ4v) is 4.94. The molecule has 0 amide bonds. The van der Waals surface area contributed by atoms with Crippen LogP contribution in [0, 0.1) is 20.8 Å². The third-order valence-corrected chi connectivity index (χ3v) is 6.42. The van der Waals surface area contributed by atoms with Crippen molar-refractivity contribution in [1.29, 1.82) is 0 Å². The lowest BCUT2D eigenvalue weighted by Crippen LogP contribution is -2.31. The normalized spacial score (nSPS) is 18.7. The van der Waals surface area contributed by atoms with Crippen LogP contribution in [0.4, 0.5) is 0 Å². The van der Waals surface area contributed by atoms with Gasteiger partial charge in [-0.1, -0.05) is 24.3 Å². The zero-order valence-electron chi connectivity index (χ0n) is 17.7. The molecule has 3 aromatic rings. The van der Waals surface area contributed by atoms with Crippen LogP contribution in [-0.4, -0.2) is 37.8 Å². The molecule has 2 atom stereocenters.